The lowest BCUT2D eigenvalue weighted by Gasteiger charge is -2.05. The summed E-state index contributed by atoms with van der Waals surface area (Å²) in [5.41, 5.74) is 0. The maximum absolute atomic E-state index is 10.3. The van der Waals surface area contributed by atoms with Crippen LogP contribution in [0, 0.1) is 0 Å². The molecule has 5 heteroatoms. The maximum Gasteiger partial charge on any atom is 0.320 e. The molecule has 0 saturated carbocycles. The molecule has 0 rings (SSSR count). The average Bonchev–Trinajstić information content (AvgIpc) is 1.99. The van der Waals surface area contributed by atoms with Crippen LogP contribution < -0.4 is 0 Å². The number of aliphatic hydroxyl groups excluding tert-OH is 2. The number of carbonyl (C=O) groups is 1. The van der Waals surface area contributed by atoms with Gasteiger partial charge in [0.1, 0.15) is 18.6 Å². The Hall–Kier alpha value is -0.320. The average molecular weight is 169 g/mol. The fourth-order valence-corrected chi connectivity index (χ4v) is 0.358. The van der Waals surface area contributed by atoms with Crippen LogP contribution in [0.1, 0.15) is 0 Å². The van der Waals surface area contributed by atoms with Crippen LogP contribution >= 0.6 is 11.6 Å². The lowest BCUT2D eigenvalue weighted by atomic mass is 10.4. The highest BCUT2D eigenvalue weighted by atomic mass is 35.5. The number of aliphatic hydroxyl groups is 2. The molecule has 0 amide bonds. The fraction of sp³-hybridized carbons (Fsp3) is 0.800. The van der Waals surface area contributed by atoms with Crippen molar-refractivity contribution in [1.29, 1.82) is 0 Å². The van der Waals surface area contributed by atoms with E-state index in [0.29, 0.717) is 0 Å². The van der Waals surface area contributed by atoms with E-state index < -0.39 is 18.7 Å². The molecule has 1 unspecified atom stereocenters. The Morgan fingerprint density at radius 2 is 2.30 bits per heavy atom. The van der Waals surface area contributed by atoms with Gasteiger partial charge in [-0.2, -0.15) is 0 Å². The highest BCUT2D eigenvalue weighted by Crippen LogP contribution is 1.86. The molecule has 0 fully saturated rings. The van der Waals surface area contributed by atoms with E-state index in [9.17, 15) is 4.79 Å². The van der Waals surface area contributed by atoms with Crippen LogP contribution in [0.5, 0.6) is 0 Å². The van der Waals surface area contributed by atoms with E-state index in [-0.39, 0.29) is 12.5 Å². The summed E-state index contributed by atoms with van der Waals surface area (Å²) in [6.07, 6.45) is -1.01. The second kappa shape index (κ2) is 5.46. The lowest BCUT2D eigenvalue weighted by Crippen LogP contribution is -2.22. The second-order valence-electron chi connectivity index (χ2n) is 1.65. The van der Waals surface area contributed by atoms with E-state index in [1.165, 1.54) is 0 Å². The highest BCUT2D eigenvalue weighted by Gasteiger charge is 2.05. The Balaban J connectivity index is 3.26. The van der Waals surface area contributed by atoms with Crippen molar-refractivity contribution in [1.82, 2.24) is 0 Å². The molecule has 0 radical (unpaired) electrons. The largest absolute Gasteiger partial charge is 0.462 e. The summed E-state index contributed by atoms with van der Waals surface area (Å²) in [6, 6.07) is 0. The zero-order valence-corrected chi connectivity index (χ0v) is 6.04. The number of rotatable bonds is 4. The first-order valence-corrected chi connectivity index (χ1v) is 3.24. The van der Waals surface area contributed by atoms with Gasteiger partial charge < -0.3 is 14.9 Å². The minimum Gasteiger partial charge on any atom is -0.462 e. The van der Waals surface area contributed by atoms with E-state index in [0.717, 1.165) is 0 Å². The molecule has 10 heavy (non-hydrogen) atoms. The van der Waals surface area contributed by atoms with Gasteiger partial charge in [-0.3, -0.25) is 4.79 Å². The summed E-state index contributed by atoms with van der Waals surface area (Å²) in [7, 11) is 0. The molecule has 60 valence electrons. The van der Waals surface area contributed by atoms with Crippen molar-refractivity contribution >= 4 is 17.6 Å². The third kappa shape index (κ3) is 4.55. The zero-order chi connectivity index (χ0) is 7.98. The van der Waals surface area contributed by atoms with Gasteiger partial charge in [0.25, 0.3) is 0 Å². The fourth-order valence-electron chi connectivity index (χ4n) is 0.280. The van der Waals surface area contributed by atoms with Gasteiger partial charge in [0.15, 0.2) is 0 Å². The Labute approximate surface area is 63.4 Å². The van der Waals surface area contributed by atoms with Gasteiger partial charge in [0, 0.05) is 0 Å². The number of hydrogen-bond donors (Lipinski definition) is 2. The third-order valence-corrected chi connectivity index (χ3v) is 0.975. The molecule has 0 aromatic heterocycles. The van der Waals surface area contributed by atoms with Crippen molar-refractivity contribution in [2.24, 2.45) is 0 Å². The van der Waals surface area contributed by atoms with E-state index >= 15 is 0 Å². The molecule has 0 aromatic carbocycles. The SMILES string of the molecule is O=C(CCl)OCC(O)CO. The molecule has 0 aromatic rings. The van der Waals surface area contributed by atoms with Gasteiger partial charge in [-0.15, -0.1) is 11.6 Å². The summed E-state index contributed by atoms with van der Waals surface area (Å²) < 4.78 is 4.36. The van der Waals surface area contributed by atoms with Gasteiger partial charge in [-0.05, 0) is 0 Å². The summed E-state index contributed by atoms with van der Waals surface area (Å²) in [5, 5.41) is 16.9. The number of alkyl halides is 1. The smallest absolute Gasteiger partial charge is 0.320 e. The first-order valence-electron chi connectivity index (χ1n) is 2.71. The van der Waals surface area contributed by atoms with Crippen molar-refractivity contribution in [2.75, 3.05) is 19.1 Å². The Kier molecular flexibility index (Phi) is 5.29. The van der Waals surface area contributed by atoms with Crippen molar-refractivity contribution in [3.8, 4) is 0 Å². The summed E-state index contributed by atoms with van der Waals surface area (Å²) in [6.45, 7) is -0.627. The topological polar surface area (TPSA) is 66.8 Å². The van der Waals surface area contributed by atoms with Gasteiger partial charge >= 0.3 is 5.97 Å². The quantitative estimate of drug-likeness (QED) is 0.423. The number of ether oxygens (including phenoxy) is 1. The van der Waals surface area contributed by atoms with Gasteiger partial charge in [0.05, 0.1) is 6.61 Å². The summed E-state index contributed by atoms with van der Waals surface area (Å²) in [4.78, 5) is 10.3. The normalized spacial score (nSPS) is 12.7. The van der Waals surface area contributed by atoms with E-state index in [1.807, 2.05) is 0 Å². The number of esters is 1. The minimum atomic E-state index is -1.01. The van der Waals surface area contributed by atoms with Gasteiger partial charge in [-0.25, -0.2) is 0 Å². The first-order chi connectivity index (χ1) is 4.70. The lowest BCUT2D eigenvalue weighted by molar-refractivity contribution is -0.144. The van der Waals surface area contributed by atoms with Crippen LogP contribution in [0.3, 0.4) is 0 Å². The summed E-state index contributed by atoms with van der Waals surface area (Å²) >= 11 is 5.06. The number of hydrogen-bond acceptors (Lipinski definition) is 4. The number of carbonyl (C=O) groups excluding carboxylic acids is 1. The third-order valence-electron chi connectivity index (χ3n) is 0.757. The second-order valence-corrected chi connectivity index (χ2v) is 1.92. The predicted molar refractivity (Wildman–Crippen MR) is 34.8 cm³/mol. The molecular formula is C5H9ClO4. The van der Waals surface area contributed by atoms with Crippen LogP contribution in [-0.2, 0) is 9.53 Å². The molecular weight excluding hydrogens is 160 g/mol. The van der Waals surface area contributed by atoms with Gasteiger partial charge in [0.2, 0.25) is 0 Å². The molecule has 4 nitrogen and oxygen atoms in total. The number of halogens is 1. The Morgan fingerprint density at radius 1 is 1.70 bits per heavy atom. The van der Waals surface area contributed by atoms with Crippen LogP contribution in [0.15, 0.2) is 0 Å². The highest BCUT2D eigenvalue weighted by molar-refractivity contribution is 6.26. The van der Waals surface area contributed by atoms with E-state index in [2.05, 4.69) is 4.74 Å². The van der Waals surface area contributed by atoms with Crippen molar-refractivity contribution < 1.29 is 19.7 Å². The zero-order valence-electron chi connectivity index (χ0n) is 5.29. The standard InChI is InChI=1S/C5H9ClO4/c6-1-5(9)10-3-4(8)2-7/h4,7-8H,1-3H2. The predicted octanol–water partition coefficient (Wildman–Crippen LogP) is -0.878. The van der Waals surface area contributed by atoms with Crippen molar-refractivity contribution in [3.05, 3.63) is 0 Å². The van der Waals surface area contributed by atoms with Crippen molar-refractivity contribution in [3.63, 3.8) is 0 Å². The molecule has 1 atom stereocenters. The Morgan fingerprint density at radius 3 is 2.70 bits per heavy atom. The molecule has 2 N–H and O–H groups in total. The first kappa shape index (κ1) is 9.68. The van der Waals surface area contributed by atoms with E-state index in [1.54, 1.807) is 0 Å². The van der Waals surface area contributed by atoms with Crippen LogP contribution in [-0.4, -0.2) is 41.4 Å². The minimum absolute atomic E-state index is 0.206. The summed E-state index contributed by atoms with van der Waals surface area (Å²) in [5.74, 6) is -0.841. The van der Waals surface area contributed by atoms with Gasteiger partial charge in [-0.1, -0.05) is 0 Å². The molecule has 0 aliphatic carbocycles. The maximum atomic E-state index is 10.3. The molecule has 0 heterocycles. The molecule has 0 spiro atoms. The van der Waals surface area contributed by atoms with Crippen LogP contribution in [0.2, 0.25) is 0 Å². The monoisotopic (exact) mass is 168 g/mol. The van der Waals surface area contributed by atoms with E-state index in [4.69, 9.17) is 21.8 Å². The van der Waals surface area contributed by atoms with Crippen LogP contribution in [0.25, 0.3) is 0 Å². The molecule has 0 aliphatic rings. The molecule has 0 saturated heterocycles. The Bertz CT molecular complexity index is 106. The molecule has 0 aliphatic heterocycles. The van der Waals surface area contributed by atoms with Crippen molar-refractivity contribution in [2.45, 2.75) is 6.10 Å². The van der Waals surface area contributed by atoms with Crippen LogP contribution in [0.4, 0.5) is 0 Å². The molecule has 0 bridgehead atoms.